The maximum Gasteiger partial charge on any atom is 0.191 e. The highest BCUT2D eigenvalue weighted by atomic mass is 32.2. The van der Waals surface area contributed by atoms with Crippen molar-refractivity contribution in [1.29, 1.82) is 0 Å². The molecule has 1 heterocycles. The Labute approximate surface area is 157 Å². The number of thioether (sulfide) groups is 1. The Morgan fingerprint density at radius 1 is 0.923 bits per heavy atom. The molecule has 0 amide bonds. The fourth-order valence-electron chi connectivity index (χ4n) is 2.47. The molecule has 0 bridgehead atoms. The molecule has 0 aliphatic heterocycles. The number of methoxy groups -OCH3 is 2. The summed E-state index contributed by atoms with van der Waals surface area (Å²) in [5, 5.41) is 9.43. The monoisotopic (exact) mass is 371 g/mol. The van der Waals surface area contributed by atoms with Crippen LogP contribution in [0.15, 0.2) is 53.7 Å². The largest absolute Gasteiger partial charge is 0.497 e. The van der Waals surface area contributed by atoms with Gasteiger partial charge in [0, 0.05) is 12.8 Å². The Morgan fingerprint density at radius 3 is 2.38 bits per heavy atom. The third kappa shape index (κ3) is 4.11. The highest BCUT2D eigenvalue weighted by Crippen LogP contribution is 2.30. The minimum Gasteiger partial charge on any atom is -0.497 e. The number of benzene rings is 2. The molecular formula is C19H21N3O3S. The van der Waals surface area contributed by atoms with E-state index in [2.05, 4.69) is 10.2 Å². The lowest BCUT2D eigenvalue weighted by Gasteiger charge is -2.08. The zero-order valence-corrected chi connectivity index (χ0v) is 15.8. The molecule has 0 saturated heterocycles. The number of para-hydroxylation sites is 1. The van der Waals surface area contributed by atoms with Crippen LogP contribution in [-0.4, -0.2) is 41.3 Å². The summed E-state index contributed by atoms with van der Waals surface area (Å²) in [4.78, 5) is 0. The van der Waals surface area contributed by atoms with Crippen LogP contribution in [-0.2, 0) is 7.05 Å². The molecule has 0 N–H and O–H groups in total. The fraction of sp³-hybridized carbons (Fsp3) is 0.263. The first-order valence-electron chi connectivity index (χ1n) is 8.15. The Balaban J connectivity index is 1.58. The maximum absolute atomic E-state index is 5.74. The van der Waals surface area contributed by atoms with Gasteiger partial charge in [0.15, 0.2) is 11.0 Å². The van der Waals surface area contributed by atoms with Crippen LogP contribution in [0.25, 0.3) is 11.4 Å². The summed E-state index contributed by atoms with van der Waals surface area (Å²) in [5.74, 6) is 3.96. The van der Waals surface area contributed by atoms with Crippen LogP contribution in [0.3, 0.4) is 0 Å². The van der Waals surface area contributed by atoms with Crippen LogP contribution in [0, 0.1) is 0 Å². The highest BCUT2D eigenvalue weighted by Gasteiger charge is 2.14. The van der Waals surface area contributed by atoms with Gasteiger partial charge in [0.1, 0.15) is 17.2 Å². The van der Waals surface area contributed by atoms with E-state index in [4.69, 9.17) is 14.2 Å². The summed E-state index contributed by atoms with van der Waals surface area (Å²) in [6.07, 6.45) is 0. The lowest BCUT2D eigenvalue weighted by Crippen LogP contribution is -2.02. The second-order valence-electron chi connectivity index (χ2n) is 5.44. The zero-order valence-electron chi connectivity index (χ0n) is 15.0. The van der Waals surface area contributed by atoms with Crippen molar-refractivity contribution in [2.75, 3.05) is 26.6 Å². The van der Waals surface area contributed by atoms with Crippen molar-refractivity contribution < 1.29 is 14.2 Å². The Morgan fingerprint density at radius 2 is 1.65 bits per heavy atom. The van der Waals surface area contributed by atoms with Gasteiger partial charge in [-0.25, -0.2) is 0 Å². The van der Waals surface area contributed by atoms with Crippen LogP contribution < -0.4 is 14.2 Å². The summed E-state index contributed by atoms with van der Waals surface area (Å²) in [6.45, 7) is 0.577. The lowest BCUT2D eigenvalue weighted by atomic mass is 10.2. The van der Waals surface area contributed by atoms with E-state index in [9.17, 15) is 0 Å². The predicted octanol–water partition coefficient (Wildman–Crippen LogP) is 3.67. The summed E-state index contributed by atoms with van der Waals surface area (Å²) in [6, 6.07) is 15.3. The fourth-order valence-corrected chi connectivity index (χ4v) is 3.20. The molecule has 0 unspecified atom stereocenters. The van der Waals surface area contributed by atoms with Gasteiger partial charge in [0.05, 0.1) is 26.4 Å². The van der Waals surface area contributed by atoms with Crippen molar-refractivity contribution in [2.24, 2.45) is 7.05 Å². The third-order valence-electron chi connectivity index (χ3n) is 3.83. The molecule has 7 heteroatoms. The quantitative estimate of drug-likeness (QED) is 0.445. The van der Waals surface area contributed by atoms with Crippen molar-refractivity contribution >= 4 is 11.8 Å². The first-order valence-corrected chi connectivity index (χ1v) is 9.14. The van der Waals surface area contributed by atoms with Gasteiger partial charge in [-0.05, 0) is 36.4 Å². The average Bonchev–Trinajstić information content (AvgIpc) is 3.06. The van der Waals surface area contributed by atoms with Gasteiger partial charge in [0.25, 0.3) is 0 Å². The normalized spacial score (nSPS) is 10.6. The second-order valence-corrected chi connectivity index (χ2v) is 6.50. The molecule has 0 radical (unpaired) electrons. The highest BCUT2D eigenvalue weighted by molar-refractivity contribution is 7.99. The molecule has 1 aromatic heterocycles. The summed E-state index contributed by atoms with van der Waals surface area (Å²) in [7, 11) is 5.25. The van der Waals surface area contributed by atoms with E-state index in [1.54, 1.807) is 26.0 Å². The number of hydrogen-bond donors (Lipinski definition) is 0. The molecule has 0 saturated carbocycles. The molecule has 0 aliphatic rings. The Hall–Kier alpha value is -2.67. The molecule has 3 rings (SSSR count). The van der Waals surface area contributed by atoms with Crippen LogP contribution in [0.2, 0.25) is 0 Å². The van der Waals surface area contributed by atoms with Crippen molar-refractivity contribution in [3.8, 4) is 28.6 Å². The molecule has 6 nitrogen and oxygen atoms in total. The van der Waals surface area contributed by atoms with E-state index in [1.807, 2.05) is 60.1 Å². The van der Waals surface area contributed by atoms with E-state index < -0.39 is 0 Å². The molecule has 26 heavy (non-hydrogen) atoms. The van der Waals surface area contributed by atoms with E-state index >= 15 is 0 Å². The number of nitrogens with zero attached hydrogens (tertiary/aromatic N) is 3. The second kappa shape index (κ2) is 8.62. The van der Waals surface area contributed by atoms with E-state index in [-0.39, 0.29) is 0 Å². The van der Waals surface area contributed by atoms with Gasteiger partial charge >= 0.3 is 0 Å². The number of rotatable bonds is 8. The van der Waals surface area contributed by atoms with E-state index in [0.717, 1.165) is 39.5 Å². The van der Waals surface area contributed by atoms with E-state index in [1.165, 1.54) is 0 Å². The SMILES string of the molecule is COc1ccc(OCCSc2nnc(-c3ccccc3OC)n2C)cc1. The Kier molecular flexibility index (Phi) is 6.01. The van der Waals surface area contributed by atoms with Crippen LogP contribution >= 0.6 is 11.8 Å². The Bertz CT molecular complexity index is 849. The zero-order chi connectivity index (χ0) is 18.4. The summed E-state index contributed by atoms with van der Waals surface area (Å²) in [5.41, 5.74) is 0.923. The molecule has 2 aromatic carbocycles. The van der Waals surface area contributed by atoms with Crippen LogP contribution in [0.1, 0.15) is 0 Å². The topological polar surface area (TPSA) is 58.4 Å². The number of aromatic nitrogens is 3. The molecule has 136 valence electrons. The van der Waals surface area contributed by atoms with Crippen molar-refractivity contribution in [3.63, 3.8) is 0 Å². The van der Waals surface area contributed by atoms with Crippen LogP contribution in [0.5, 0.6) is 17.2 Å². The third-order valence-corrected chi connectivity index (χ3v) is 4.81. The standard InChI is InChI=1S/C19H21N3O3S/c1-22-18(16-6-4-5-7-17(16)24-3)20-21-19(22)26-13-12-25-15-10-8-14(23-2)9-11-15/h4-11H,12-13H2,1-3H3. The average molecular weight is 371 g/mol. The van der Waals surface area contributed by atoms with Crippen LogP contribution in [0.4, 0.5) is 0 Å². The van der Waals surface area contributed by atoms with Gasteiger partial charge in [-0.3, -0.25) is 0 Å². The lowest BCUT2D eigenvalue weighted by molar-refractivity contribution is 0.342. The minimum absolute atomic E-state index is 0.577. The maximum atomic E-state index is 5.74. The van der Waals surface area contributed by atoms with Gasteiger partial charge < -0.3 is 18.8 Å². The van der Waals surface area contributed by atoms with Gasteiger partial charge in [-0.1, -0.05) is 23.9 Å². The van der Waals surface area contributed by atoms with Gasteiger partial charge in [-0.15, -0.1) is 10.2 Å². The molecule has 3 aromatic rings. The first-order chi connectivity index (χ1) is 12.7. The molecule has 0 spiro atoms. The number of hydrogen-bond acceptors (Lipinski definition) is 6. The van der Waals surface area contributed by atoms with Crippen molar-refractivity contribution in [3.05, 3.63) is 48.5 Å². The molecular weight excluding hydrogens is 350 g/mol. The van der Waals surface area contributed by atoms with Crippen molar-refractivity contribution in [2.45, 2.75) is 5.16 Å². The molecule has 0 atom stereocenters. The van der Waals surface area contributed by atoms with E-state index in [0.29, 0.717) is 6.61 Å². The predicted molar refractivity (Wildman–Crippen MR) is 102 cm³/mol. The summed E-state index contributed by atoms with van der Waals surface area (Å²) >= 11 is 1.60. The van der Waals surface area contributed by atoms with Gasteiger partial charge in [0.2, 0.25) is 0 Å². The van der Waals surface area contributed by atoms with Gasteiger partial charge in [-0.2, -0.15) is 0 Å². The first kappa shape index (κ1) is 18.1. The summed E-state index contributed by atoms with van der Waals surface area (Å²) < 4.78 is 18.3. The smallest absolute Gasteiger partial charge is 0.191 e. The minimum atomic E-state index is 0.577. The molecule has 0 aliphatic carbocycles. The number of ether oxygens (including phenoxy) is 3. The van der Waals surface area contributed by atoms with Crippen molar-refractivity contribution in [1.82, 2.24) is 14.8 Å². The molecule has 0 fully saturated rings.